The normalized spacial score (nSPS) is 14.4. The van der Waals surface area contributed by atoms with Crippen LogP contribution in [0, 0.1) is 5.92 Å². The molecule has 1 saturated carbocycles. The highest BCUT2D eigenvalue weighted by atomic mass is 35.5. The van der Waals surface area contributed by atoms with E-state index in [4.69, 9.17) is 21.3 Å². The lowest BCUT2D eigenvalue weighted by Crippen LogP contribution is -2.06. The maximum atomic E-state index is 11.6. The number of rotatable bonds is 10. The highest BCUT2D eigenvalue weighted by Crippen LogP contribution is 2.39. The van der Waals surface area contributed by atoms with Gasteiger partial charge in [0.15, 0.2) is 0 Å². The SMILES string of the molecule is CC(C)Oc1ccccc1-c1cc2nc(C(CC=O)c3ccc(SCC4CC4)cc3)[nH]c2cc1Cl. The van der Waals surface area contributed by atoms with E-state index in [1.54, 1.807) is 0 Å². The van der Waals surface area contributed by atoms with Crippen LogP contribution in [0.2, 0.25) is 5.02 Å². The molecule has 0 bridgehead atoms. The third-order valence-corrected chi connectivity index (χ3v) is 7.81. The molecule has 3 aromatic carbocycles. The van der Waals surface area contributed by atoms with Gasteiger partial charge in [-0.05, 0) is 68.5 Å². The van der Waals surface area contributed by atoms with Crippen molar-refractivity contribution in [3.8, 4) is 16.9 Å². The van der Waals surface area contributed by atoms with Gasteiger partial charge in [0.25, 0.3) is 0 Å². The number of para-hydroxylation sites is 1. The smallest absolute Gasteiger partial charge is 0.127 e. The van der Waals surface area contributed by atoms with Crippen LogP contribution < -0.4 is 4.74 Å². The molecule has 4 nitrogen and oxygen atoms in total. The zero-order chi connectivity index (χ0) is 24.4. The summed E-state index contributed by atoms with van der Waals surface area (Å²) in [7, 11) is 0. The maximum absolute atomic E-state index is 11.6. The number of fused-ring (bicyclic) bond motifs is 1. The molecule has 1 fully saturated rings. The Hall–Kier alpha value is -2.76. The number of nitrogens with one attached hydrogen (secondary N) is 1. The molecule has 180 valence electrons. The van der Waals surface area contributed by atoms with Crippen molar-refractivity contribution in [1.29, 1.82) is 0 Å². The first-order valence-corrected chi connectivity index (χ1v) is 13.5. The summed E-state index contributed by atoms with van der Waals surface area (Å²) in [6.07, 6.45) is 4.10. The predicted octanol–water partition coefficient (Wildman–Crippen LogP) is 7.89. The number of aromatic amines is 1. The summed E-state index contributed by atoms with van der Waals surface area (Å²) < 4.78 is 6.02. The van der Waals surface area contributed by atoms with E-state index < -0.39 is 0 Å². The number of halogens is 1. The number of aromatic nitrogens is 2. The van der Waals surface area contributed by atoms with E-state index in [9.17, 15) is 4.79 Å². The first-order valence-electron chi connectivity index (χ1n) is 12.1. The van der Waals surface area contributed by atoms with Crippen LogP contribution in [0.5, 0.6) is 5.75 Å². The zero-order valence-corrected chi connectivity index (χ0v) is 21.5. The van der Waals surface area contributed by atoms with Gasteiger partial charge in [0, 0.05) is 34.1 Å². The summed E-state index contributed by atoms with van der Waals surface area (Å²) >= 11 is 8.64. The molecule has 1 unspecified atom stereocenters. The molecule has 0 amide bonds. The minimum absolute atomic E-state index is 0.0539. The molecule has 0 spiro atoms. The second-order valence-corrected chi connectivity index (χ2v) is 10.9. The summed E-state index contributed by atoms with van der Waals surface area (Å²) in [5, 5.41) is 0.622. The molecule has 1 aliphatic rings. The first kappa shape index (κ1) is 24.0. The largest absolute Gasteiger partial charge is 0.490 e. The van der Waals surface area contributed by atoms with Gasteiger partial charge >= 0.3 is 0 Å². The van der Waals surface area contributed by atoms with Crippen LogP contribution in [0.3, 0.4) is 0 Å². The van der Waals surface area contributed by atoms with E-state index in [0.29, 0.717) is 11.4 Å². The summed E-state index contributed by atoms with van der Waals surface area (Å²) in [6.45, 7) is 4.01. The Morgan fingerprint density at radius 1 is 1.11 bits per heavy atom. The standard InChI is InChI=1S/C29H29ClN2O2S/c1-18(2)34-28-6-4-3-5-23(28)24-15-26-27(16-25(24)30)32-29(31-26)22(13-14-33)20-9-11-21(12-10-20)35-17-19-7-8-19/h3-6,9-12,14-16,18-19,22H,7-8,13,17H2,1-2H3,(H,31,32). The van der Waals surface area contributed by atoms with Crippen LogP contribution in [0.4, 0.5) is 0 Å². The number of thioether (sulfide) groups is 1. The van der Waals surface area contributed by atoms with Crippen LogP contribution in [-0.4, -0.2) is 28.1 Å². The minimum atomic E-state index is -0.138. The van der Waals surface area contributed by atoms with E-state index in [-0.39, 0.29) is 12.0 Å². The summed E-state index contributed by atoms with van der Waals surface area (Å²) in [5.74, 6) is 3.50. The van der Waals surface area contributed by atoms with Crippen LogP contribution >= 0.6 is 23.4 Å². The van der Waals surface area contributed by atoms with E-state index in [0.717, 1.165) is 51.5 Å². The summed E-state index contributed by atoms with van der Waals surface area (Å²) in [4.78, 5) is 21.2. The molecule has 1 heterocycles. The highest BCUT2D eigenvalue weighted by molar-refractivity contribution is 7.99. The Bertz CT molecular complexity index is 1330. The minimum Gasteiger partial charge on any atom is -0.490 e. The van der Waals surface area contributed by atoms with Crippen LogP contribution in [-0.2, 0) is 4.79 Å². The monoisotopic (exact) mass is 504 g/mol. The topological polar surface area (TPSA) is 55.0 Å². The van der Waals surface area contributed by atoms with Gasteiger partial charge in [0.05, 0.1) is 22.2 Å². The van der Waals surface area contributed by atoms with E-state index in [1.807, 2.05) is 62.0 Å². The number of nitrogens with zero attached hydrogens (tertiary/aromatic N) is 1. The highest BCUT2D eigenvalue weighted by Gasteiger charge is 2.22. The molecule has 4 aromatic rings. The van der Waals surface area contributed by atoms with Gasteiger partial charge in [-0.25, -0.2) is 4.98 Å². The van der Waals surface area contributed by atoms with Crippen LogP contribution in [0.15, 0.2) is 65.6 Å². The number of H-pyrrole nitrogens is 1. The molecule has 35 heavy (non-hydrogen) atoms. The van der Waals surface area contributed by atoms with E-state index in [2.05, 4.69) is 29.2 Å². The fourth-order valence-electron chi connectivity index (χ4n) is 4.26. The number of hydrogen-bond acceptors (Lipinski definition) is 4. The molecule has 6 heteroatoms. The lowest BCUT2D eigenvalue weighted by atomic mass is 9.96. The fraction of sp³-hybridized carbons (Fsp3) is 0.310. The van der Waals surface area contributed by atoms with Gasteiger partial charge in [-0.15, -0.1) is 11.8 Å². The van der Waals surface area contributed by atoms with Gasteiger partial charge in [-0.2, -0.15) is 0 Å². The lowest BCUT2D eigenvalue weighted by Gasteiger charge is -2.15. The fourth-order valence-corrected chi connectivity index (χ4v) is 5.62. The molecular weight excluding hydrogens is 476 g/mol. The van der Waals surface area contributed by atoms with E-state index >= 15 is 0 Å². The van der Waals surface area contributed by atoms with Crippen molar-refractivity contribution in [2.75, 3.05) is 5.75 Å². The molecule has 0 aliphatic heterocycles. The maximum Gasteiger partial charge on any atom is 0.127 e. The number of hydrogen-bond donors (Lipinski definition) is 1. The molecule has 0 radical (unpaired) electrons. The Morgan fingerprint density at radius 2 is 1.89 bits per heavy atom. The predicted molar refractivity (Wildman–Crippen MR) is 145 cm³/mol. The molecule has 1 aliphatic carbocycles. The van der Waals surface area contributed by atoms with Crippen LogP contribution in [0.25, 0.3) is 22.2 Å². The molecule has 1 atom stereocenters. The van der Waals surface area contributed by atoms with Crippen molar-refractivity contribution < 1.29 is 9.53 Å². The van der Waals surface area contributed by atoms with Gasteiger partial charge in [0.1, 0.15) is 17.9 Å². The van der Waals surface area contributed by atoms with Crippen molar-refractivity contribution >= 4 is 40.7 Å². The van der Waals surface area contributed by atoms with Gasteiger partial charge in [-0.3, -0.25) is 0 Å². The second kappa shape index (κ2) is 10.5. The molecule has 1 aromatic heterocycles. The number of carbonyl (C=O) groups is 1. The summed E-state index contributed by atoms with van der Waals surface area (Å²) in [5.41, 5.74) is 4.54. The zero-order valence-electron chi connectivity index (χ0n) is 20.0. The Morgan fingerprint density at radius 3 is 2.60 bits per heavy atom. The Balaban J connectivity index is 1.46. The van der Waals surface area contributed by atoms with Crippen molar-refractivity contribution in [2.45, 2.75) is 50.0 Å². The molecule has 0 saturated heterocycles. The number of carbonyl (C=O) groups excluding carboxylic acids is 1. The van der Waals surface area contributed by atoms with Crippen molar-refractivity contribution in [2.24, 2.45) is 5.92 Å². The molecular formula is C29H29ClN2O2S. The summed E-state index contributed by atoms with van der Waals surface area (Å²) in [6, 6.07) is 20.4. The second-order valence-electron chi connectivity index (χ2n) is 9.41. The average molecular weight is 505 g/mol. The third-order valence-electron chi connectivity index (χ3n) is 6.26. The van der Waals surface area contributed by atoms with Gasteiger partial charge < -0.3 is 14.5 Å². The van der Waals surface area contributed by atoms with Crippen molar-refractivity contribution in [3.63, 3.8) is 0 Å². The lowest BCUT2D eigenvalue weighted by molar-refractivity contribution is -0.108. The number of ether oxygens (including phenoxy) is 1. The van der Waals surface area contributed by atoms with Crippen LogP contribution in [0.1, 0.15) is 50.4 Å². The number of aldehydes is 1. The number of imidazole rings is 1. The first-order chi connectivity index (χ1) is 17.0. The van der Waals surface area contributed by atoms with Gasteiger partial charge in [-0.1, -0.05) is 41.9 Å². The van der Waals surface area contributed by atoms with Crippen molar-refractivity contribution in [1.82, 2.24) is 9.97 Å². The Kier molecular flexibility index (Phi) is 7.17. The van der Waals surface area contributed by atoms with Gasteiger partial charge in [0.2, 0.25) is 0 Å². The molecule has 1 N–H and O–H groups in total. The number of benzene rings is 3. The van der Waals surface area contributed by atoms with Crippen molar-refractivity contribution in [3.05, 3.63) is 77.1 Å². The average Bonchev–Trinajstić information content (AvgIpc) is 3.59. The molecule has 5 rings (SSSR count). The van der Waals surface area contributed by atoms with E-state index in [1.165, 1.54) is 23.5 Å². The quantitative estimate of drug-likeness (QED) is 0.176. The Labute approximate surface area is 215 Å². The third kappa shape index (κ3) is 5.57.